The molecule has 4 aromatic carbocycles. The Hall–Kier alpha value is -6.44. The van der Waals surface area contributed by atoms with Gasteiger partial charge in [0.15, 0.2) is 0 Å². The van der Waals surface area contributed by atoms with E-state index >= 15 is 0 Å². The SMILES string of the molecule is CCCC[N+](CC)(CCC)CCOC(=O)C1=CCc2ccccc21.CCC[N+](CC)(CCOC(=O)C1=CCc2ccccc21)C(C)CC.CC[N+](CC)(CC)CCOC(=O)C1=CCc2ccccc21.C[N+](C)(C)CCOC(=O)C1=CCc2ccccc21. The largest absolute Gasteiger partial charge is 0.456 e. The van der Waals surface area contributed by atoms with E-state index in [-0.39, 0.29) is 23.9 Å². The monoisotopic (exact) mass is 1190 g/mol. The molecular formula is C75H110N4O8+4. The second-order valence-electron chi connectivity index (χ2n) is 24.9. The zero-order valence-electron chi connectivity index (χ0n) is 55.9. The summed E-state index contributed by atoms with van der Waals surface area (Å²) in [4.78, 5) is 49.2. The van der Waals surface area contributed by atoms with Gasteiger partial charge in [-0.05, 0) is 137 Å². The minimum absolute atomic E-state index is 0.166. The maximum absolute atomic E-state index is 12.5. The molecule has 3 atom stereocenters. The molecular weight excluding hydrogens is 1080 g/mol. The number of carbonyl (C=O) groups is 4. The topological polar surface area (TPSA) is 105 Å². The van der Waals surface area contributed by atoms with Crippen LogP contribution in [0.25, 0.3) is 22.3 Å². The predicted molar refractivity (Wildman–Crippen MR) is 357 cm³/mol. The molecule has 0 amide bonds. The van der Waals surface area contributed by atoms with Crippen LogP contribution >= 0.6 is 0 Å². The fourth-order valence-electron chi connectivity index (χ4n) is 12.5. The van der Waals surface area contributed by atoms with E-state index < -0.39 is 0 Å². The van der Waals surface area contributed by atoms with Gasteiger partial charge in [0.2, 0.25) is 0 Å². The first-order chi connectivity index (χ1) is 41.9. The number of hydrogen-bond acceptors (Lipinski definition) is 8. The molecule has 0 radical (unpaired) electrons. The number of likely N-dealkylation sites (N-methyl/N-ethyl adjacent to an activating group) is 4. The third-order valence-electron chi connectivity index (χ3n) is 18.8. The van der Waals surface area contributed by atoms with Gasteiger partial charge in [-0.1, -0.05) is 155 Å². The van der Waals surface area contributed by atoms with Crippen molar-refractivity contribution in [2.45, 2.75) is 133 Å². The smallest absolute Gasteiger partial charge is 0.338 e. The normalized spacial score (nSPS) is 15.2. The van der Waals surface area contributed by atoms with Crippen LogP contribution in [0.1, 0.15) is 146 Å². The molecule has 474 valence electrons. The van der Waals surface area contributed by atoms with Crippen LogP contribution in [0.15, 0.2) is 121 Å². The number of fused-ring (bicyclic) bond motifs is 4. The van der Waals surface area contributed by atoms with Crippen molar-refractivity contribution in [3.63, 3.8) is 0 Å². The van der Waals surface area contributed by atoms with Crippen molar-refractivity contribution >= 4 is 46.2 Å². The van der Waals surface area contributed by atoms with Gasteiger partial charge in [0.05, 0.1) is 102 Å². The second-order valence-corrected chi connectivity index (χ2v) is 24.9. The number of esters is 4. The highest BCUT2D eigenvalue weighted by Gasteiger charge is 2.32. The Morgan fingerprint density at radius 3 is 1.00 bits per heavy atom. The Kier molecular flexibility index (Phi) is 29.1. The quantitative estimate of drug-likeness (QED) is 0.0289. The Labute approximate surface area is 524 Å². The number of unbranched alkanes of at least 4 members (excludes halogenated alkanes) is 1. The fourth-order valence-corrected chi connectivity index (χ4v) is 12.5. The number of carbonyl (C=O) groups excluding carboxylic acids is 4. The van der Waals surface area contributed by atoms with Gasteiger partial charge in [0.25, 0.3) is 0 Å². The molecule has 3 unspecified atom stereocenters. The highest BCUT2D eigenvalue weighted by atomic mass is 16.5. The molecule has 4 aromatic rings. The Balaban J connectivity index is 0.000000213. The van der Waals surface area contributed by atoms with Crippen molar-refractivity contribution in [3.05, 3.63) is 166 Å². The van der Waals surface area contributed by atoms with Gasteiger partial charge in [0, 0.05) is 0 Å². The molecule has 0 bridgehead atoms. The Morgan fingerprint density at radius 1 is 0.379 bits per heavy atom. The molecule has 4 aliphatic carbocycles. The lowest BCUT2D eigenvalue weighted by Crippen LogP contribution is -2.56. The minimum Gasteiger partial charge on any atom is -0.456 e. The van der Waals surface area contributed by atoms with E-state index in [1.165, 1.54) is 54.6 Å². The summed E-state index contributed by atoms with van der Waals surface area (Å²) in [5, 5.41) is 0. The summed E-state index contributed by atoms with van der Waals surface area (Å²) < 4.78 is 26.1. The van der Waals surface area contributed by atoms with Crippen LogP contribution in [-0.4, -0.2) is 174 Å². The lowest BCUT2D eigenvalue weighted by Gasteiger charge is -2.42. The summed E-state index contributed by atoms with van der Waals surface area (Å²) in [5.41, 5.74) is 11.9. The summed E-state index contributed by atoms with van der Waals surface area (Å²) >= 11 is 0. The summed E-state index contributed by atoms with van der Waals surface area (Å²) in [6, 6.07) is 32.8. The average Bonchev–Trinajstić information content (AvgIpc) is 3.80. The highest BCUT2D eigenvalue weighted by Crippen LogP contribution is 2.32. The van der Waals surface area contributed by atoms with E-state index in [1.54, 1.807) is 0 Å². The second kappa shape index (κ2) is 35.5. The van der Waals surface area contributed by atoms with Gasteiger partial charge >= 0.3 is 23.9 Å². The molecule has 0 spiro atoms. The molecule has 8 rings (SSSR count). The number of rotatable bonds is 30. The molecule has 0 aromatic heterocycles. The molecule has 12 heteroatoms. The molecule has 87 heavy (non-hydrogen) atoms. The lowest BCUT2D eigenvalue weighted by molar-refractivity contribution is -0.948. The van der Waals surface area contributed by atoms with Crippen molar-refractivity contribution < 1.29 is 56.1 Å². The fraction of sp³-hybridized carbons (Fsp3) is 0.520. The molecule has 0 fully saturated rings. The van der Waals surface area contributed by atoms with Gasteiger partial charge in [0.1, 0.15) is 52.6 Å². The first-order valence-corrected chi connectivity index (χ1v) is 33.0. The van der Waals surface area contributed by atoms with E-state index in [0.29, 0.717) is 38.0 Å². The highest BCUT2D eigenvalue weighted by molar-refractivity contribution is 6.19. The van der Waals surface area contributed by atoms with E-state index in [4.69, 9.17) is 18.9 Å². The number of allylic oxidation sites excluding steroid dienone is 4. The van der Waals surface area contributed by atoms with Crippen LogP contribution < -0.4 is 0 Å². The van der Waals surface area contributed by atoms with Crippen molar-refractivity contribution in [2.75, 3.05) is 126 Å². The van der Waals surface area contributed by atoms with Gasteiger partial charge < -0.3 is 36.9 Å². The van der Waals surface area contributed by atoms with Crippen molar-refractivity contribution in [2.24, 2.45) is 0 Å². The zero-order chi connectivity index (χ0) is 63.5. The third kappa shape index (κ3) is 20.3. The molecule has 4 aliphatic rings. The number of hydrogen-bond donors (Lipinski definition) is 0. The van der Waals surface area contributed by atoms with Gasteiger partial charge in [-0.15, -0.1) is 0 Å². The first kappa shape index (κ1) is 71.3. The van der Waals surface area contributed by atoms with Crippen LogP contribution in [0.2, 0.25) is 0 Å². The van der Waals surface area contributed by atoms with Crippen molar-refractivity contribution in [1.82, 2.24) is 0 Å². The number of nitrogens with zero attached hydrogens (tertiary/aromatic N) is 4. The van der Waals surface area contributed by atoms with Crippen molar-refractivity contribution in [3.8, 4) is 0 Å². The summed E-state index contributed by atoms with van der Waals surface area (Å²) in [6.07, 6.45) is 17.2. The van der Waals surface area contributed by atoms with Crippen LogP contribution in [0.5, 0.6) is 0 Å². The van der Waals surface area contributed by atoms with Gasteiger partial charge in [-0.25, -0.2) is 19.2 Å². The Morgan fingerprint density at radius 2 is 0.701 bits per heavy atom. The van der Waals surface area contributed by atoms with Crippen molar-refractivity contribution in [1.29, 1.82) is 0 Å². The molecule has 0 saturated carbocycles. The molecule has 0 N–H and O–H groups in total. The van der Waals surface area contributed by atoms with Crippen LogP contribution in [0.4, 0.5) is 0 Å². The summed E-state index contributed by atoms with van der Waals surface area (Å²) in [5.74, 6) is -0.717. The van der Waals surface area contributed by atoms with Crippen LogP contribution in [-0.2, 0) is 63.8 Å². The van der Waals surface area contributed by atoms with Gasteiger partial charge in [-0.3, -0.25) is 0 Å². The number of quaternary nitrogens is 4. The summed E-state index contributed by atoms with van der Waals surface area (Å²) in [6.45, 7) is 36.8. The molecule has 0 saturated heterocycles. The van der Waals surface area contributed by atoms with E-state index in [0.717, 1.165) is 161 Å². The maximum atomic E-state index is 12.5. The van der Waals surface area contributed by atoms with E-state index in [9.17, 15) is 19.2 Å². The predicted octanol–water partition coefficient (Wildman–Crippen LogP) is 13.4. The van der Waals surface area contributed by atoms with Crippen LogP contribution in [0.3, 0.4) is 0 Å². The lowest BCUT2D eigenvalue weighted by atomic mass is 10.1. The van der Waals surface area contributed by atoms with Crippen LogP contribution in [0, 0.1) is 0 Å². The maximum Gasteiger partial charge on any atom is 0.338 e. The first-order valence-electron chi connectivity index (χ1n) is 33.0. The molecule has 12 nitrogen and oxygen atoms in total. The van der Waals surface area contributed by atoms with E-state index in [1.807, 2.05) is 97.1 Å². The number of benzene rings is 4. The Bertz CT molecular complexity index is 2970. The van der Waals surface area contributed by atoms with E-state index in [2.05, 4.69) is 115 Å². The minimum atomic E-state index is -0.201. The zero-order valence-corrected chi connectivity index (χ0v) is 55.9. The molecule has 0 heterocycles. The molecule has 0 aliphatic heterocycles. The van der Waals surface area contributed by atoms with Gasteiger partial charge in [-0.2, -0.15) is 0 Å². The average molecular weight is 1200 g/mol. The standard InChI is InChI=1S/2C21H32NO2.C18H26NO2.C15H20NO2/c1-5-14-22(7-3,17(4)6-2)15-16-24-21(23)20-13-12-18-10-8-9-11-19(18)20;1-4-7-15-22(6-3,14-5-2)16-17-24-21(23)20-13-12-18-10-8-9-11-19(18)20;1-4-19(5-2,6-3)13-14-21-18(20)17-12-11-15-9-7-8-10-16(15)17;1-16(2,3)10-11-18-15(17)14-9-8-12-6-4-5-7-13(12)14/h8-11,13,17H,5-7,12,14-16H2,1-4H3;8-11,13H,4-7,12,14-17H2,1-3H3;7-10,12H,4-6,11,13-14H2,1-3H3;4-7,9H,8,10-11H2,1-3H3/q4*+1. The summed E-state index contributed by atoms with van der Waals surface area (Å²) in [7, 11) is 6.24. The number of ether oxygens (including phenoxy) is 4. The third-order valence-corrected chi connectivity index (χ3v) is 18.8.